The summed E-state index contributed by atoms with van der Waals surface area (Å²) in [6.07, 6.45) is 3.93. The number of aromatic nitrogens is 4. The lowest BCUT2D eigenvalue weighted by Crippen LogP contribution is -2.19. The maximum absolute atomic E-state index is 14.9. The van der Waals surface area contributed by atoms with E-state index in [0.717, 1.165) is 28.4 Å². The molecule has 0 saturated heterocycles. The van der Waals surface area contributed by atoms with Gasteiger partial charge in [0.05, 0.1) is 24.0 Å². The zero-order chi connectivity index (χ0) is 24.6. The van der Waals surface area contributed by atoms with Gasteiger partial charge in [-0.05, 0) is 57.6 Å². The van der Waals surface area contributed by atoms with Gasteiger partial charge in [0.2, 0.25) is 5.82 Å². The van der Waals surface area contributed by atoms with Gasteiger partial charge in [-0.2, -0.15) is 14.6 Å². The molecule has 2 N–H and O–H groups in total. The van der Waals surface area contributed by atoms with Gasteiger partial charge < -0.3 is 15.2 Å². The standard InChI is InChI=1S/C25H29F2N5O2/c1-15-18(24(25(2,3)33)30-31(15)5)9-11-34-23-19(6-7-20(26)22(23)27)16-8-10-32-21(12-16)17(13-28-4)14-29-32/h6-8,10,12,14,28,33H,9,11,13H2,1-5H3. The molecule has 4 aromatic rings. The van der Waals surface area contributed by atoms with Crippen LogP contribution in [0.5, 0.6) is 5.75 Å². The molecule has 3 aromatic heterocycles. The number of ether oxygens (including phenoxy) is 1. The molecule has 0 spiro atoms. The van der Waals surface area contributed by atoms with Crippen LogP contribution in [0.15, 0.2) is 36.7 Å². The third kappa shape index (κ3) is 4.41. The Kier molecular flexibility index (Phi) is 6.42. The molecule has 0 aliphatic heterocycles. The molecule has 9 heteroatoms. The number of fused-ring (bicyclic) bond motifs is 1. The lowest BCUT2D eigenvalue weighted by atomic mass is 9.98. The van der Waals surface area contributed by atoms with Crippen LogP contribution in [0.3, 0.4) is 0 Å². The van der Waals surface area contributed by atoms with Crippen molar-refractivity contribution in [2.45, 2.75) is 39.3 Å². The summed E-state index contributed by atoms with van der Waals surface area (Å²) in [5, 5.41) is 22.3. The highest BCUT2D eigenvalue weighted by atomic mass is 19.2. The van der Waals surface area contributed by atoms with Gasteiger partial charge in [0.15, 0.2) is 11.6 Å². The van der Waals surface area contributed by atoms with E-state index in [4.69, 9.17) is 4.74 Å². The van der Waals surface area contributed by atoms with Crippen LogP contribution >= 0.6 is 0 Å². The van der Waals surface area contributed by atoms with Crippen LogP contribution in [0.1, 0.15) is 36.4 Å². The second-order valence-electron chi connectivity index (χ2n) is 8.88. The average molecular weight is 470 g/mol. The first-order valence-corrected chi connectivity index (χ1v) is 11.1. The minimum Gasteiger partial charge on any atom is -0.489 e. The minimum absolute atomic E-state index is 0.0862. The van der Waals surface area contributed by atoms with Crippen LogP contribution in [-0.4, -0.2) is 38.2 Å². The Labute approximate surface area is 197 Å². The molecule has 180 valence electrons. The van der Waals surface area contributed by atoms with Gasteiger partial charge in [-0.15, -0.1) is 0 Å². The van der Waals surface area contributed by atoms with Crippen LogP contribution in [0.2, 0.25) is 0 Å². The van der Waals surface area contributed by atoms with Gasteiger partial charge in [0.1, 0.15) is 5.60 Å². The summed E-state index contributed by atoms with van der Waals surface area (Å²) >= 11 is 0. The van der Waals surface area contributed by atoms with Crippen LogP contribution in [0.4, 0.5) is 8.78 Å². The minimum atomic E-state index is -1.14. The van der Waals surface area contributed by atoms with Gasteiger partial charge >= 0.3 is 0 Å². The van der Waals surface area contributed by atoms with Gasteiger partial charge in [-0.25, -0.2) is 8.91 Å². The van der Waals surface area contributed by atoms with Crippen molar-refractivity contribution < 1.29 is 18.6 Å². The summed E-state index contributed by atoms with van der Waals surface area (Å²) in [4.78, 5) is 0. The normalized spacial score (nSPS) is 12.0. The topological polar surface area (TPSA) is 76.6 Å². The Morgan fingerprint density at radius 2 is 1.97 bits per heavy atom. The molecule has 0 aliphatic rings. The highest BCUT2D eigenvalue weighted by molar-refractivity contribution is 5.75. The van der Waals surface area contributed by atoms with Crippen LogP contribution < -0.4 is 10.1 Å². The van der Waals surface area contributed by atoms with Gasteiger partial charge in [-0.3, -0.25) is 4.68 Å². The SMILES string of the molecule is CNCc1cnn2ccc(-c3ccc(F)c(F)c3OCCc3c(C(C)(C)O)nn(C)c3C)cc12. The molecule has 0 saturated carbocycles. The molecule has 0 unspecified atom stereocenters. The van der Waals surface area contributed by atoms with Crippen molar-refractivity contribution in [2.24, 2.45) is 7.05 Å². The van der Waals surface area contributed by atoms with Crippen molar-refractivity contribution in [1.29, 1.82) is 0 Å². The number of aliphatic hydroxyl groups is 1. The number of hydrogen-bond donors (Lipinski definition) is 2. The largest absolute Gasteiger partial charge is 0.489 e. The van der Waals surface area contributed by atoms with Gasteiger partial charge in [0, 0.05) is 48.6 Å². The predicted molar refractivity (Wildman–Crippen MR) is 126 cm³/mol. The third-order valence-electron chi connectivity index (χ3n) is 5.97. The molecule has 0 amide bonds. The first-order chi connectivity index (χ1) is 16.1. The Balaban J connectivity index is 1.67. The molecule has 7 nitrogen and oxygen atoms in total. The number of hydrogen-bond acceptors (Lipinski definition) is 5. The fraction of sp³-hybridized carbons (Fsp3) is 0.360. The van der Waals surface area contributed by atoms with E-state index in [-0.39, 0.29) is 12.4 Å². The Bertz CT molecular complexity index is 1340. The zero-order valence-electron chi connectivity index (χ0n) is 20.0. The van der Waals surface area contributed by atoms with E-state index in [2.05, 4.69) is 15.5 Å². The van der Waals surface area contributed by atoms with E-state index >= 15 is 0 Å². The van der Waals surface area contributed by atoms with Crippen LogP contribution in [0, 0.1) is 18.6 Å². The van der Waals surface area contributed by atoms with Crippen molar-refractivity contribution >= 4 is 5.52 Å². The molecular formula is C25H29F2N5O2. The molecule has 4 rings (SSSR count). The molecule has 34 heavy (non-hydrogen) atoms. The lowest BCUT2D eigenvalue weighted by molar-refractivity contribution is 0.0721. The number of aryl methyl sites for hydroxylation is 1. The van der Waals surface area contributed by atoms with Crippen LogP contribution in [-0.2, 0) is 25.6 Å². The first-order valence-electron chi connectivity index (χ1n) is 11.1. The molecule has 1 aromatic carbocycles. The van der Waals surface area contributed by atoms with Crippen molar-refractivity contribution in [3.05, 3.63) is 70.8 Å². The molecule has 0 fully saturated rings. The highest BCUT2D eigenvalue weighted by Gasteiger charge is 2.26. The predicted octanol–water partition coefficient (Wildman–Crippen LogP) is 3.89. The third-order valence-corrected chi connectivity index (χ3v) is 5.97. The van der Waals surface area contributed by atoms with E-state index in [1.807, 2.05) is 20.0 Å². The summed E-state index contributed by atoms with van der Waals surface area (Å²) in [6.45, 7) is 5.94. The van der Waals surface area contributed by atoms with Crippen molar-refractivity contribution in [2.75, 3.05) is 13.7 Å². The summed E-state index contributed by atoms with van der Waals surface area (Å²) in [5.41, 5.74) is 4.10. The Hall–Kier alpha value is -3.30. The molecule has 3 heterocycles. The van der Waals surface area contributed by atoms with Crippen molar-refractivity contribution in [3.63, 3.8) is 0 Å². The zero-order valence-corrected chi connectivity index (χ0v) is 20.0. The van der Waals surface area contributed by atoms with E-state index in [1.54, 1.807) is 48.6 Å². The maximum Gasteiger partial charge on any atom is 0.201 e. The van der Waals surface area contributed by atoms with Crippen molar-refractivity contribution in [3.8, 4) is 16.9 Å². The summed E-state index contributed by atoms with van der Waals surface area (Å²) in [5.74, 6) is -2.16. The molecule has 0 atom stereocenters. The number of nitrogens with zero attached hydrogens (tertiary/aromatic N) is 4. The average Bonchev–Trinajstić information content (AvgIpc) is 3.32. The molecular weight excluding hydrogens is 440 g/mol. The number of nitrogens with one attached hydrogen (secondary N) is 1. The summed E-state index contributed by atoms with van der Waals surface area (Å²) < 4.78 is 38.3. The van der Waals surface area contributed by atoms with E-state index in [1.165, 1.54) is 6.07 Å². The van der Waals surface area contributed by atoms with Crippen molar-refractivity contribution in [1.82, 2.24) is 24.7 Å². The number of rotatable bonds is 8. The Morgan fingerprint density at radius 1 is 1.21 bits per heavy atom. The summed E-state index contributed by atoms with van der Waals surface area (Å²) in [6, 6.07) is 6.30. The summed E-state index contributed by atoms with van der Waals surface area (Å²) in [7, 11) is 3.65. The fourth-order valence-electron chi connectivity index (χ4n) is 4.12. The van der Waals surface area contributed by atoms with Gasteiger partial charge in [-0.1, -0.05) is 0 Å². The molecule has 0 radical (unpaired) electrons. The fourth-order valence-corrected chi connectivity index (χ4v) is 4.12. The smallest absolute Gasteiger partial charge is 0.201 e. The van der Waals surface area contributed by atoms with E-state index in [9.17, 15) is 13.9 Å². The number of benzene rings is 1. The monoisotopic (exact) mass is 469 g/mol. The van der Waals surface area contributed by atoms with Crippen LogP contribution in [0.25, 0.3) is 16.6 Å². The second kappa shape index (κ2) is 9.15. The highest BCUT2D eigenvalue weighted by Crippen LogP contribution is 2.35. The lowest BCUT2D eigenvalue weighted by Gasteiger charge is -2.17. The van der Waals surface area contributed by atoms with E-state index < -0.39 is 17.2 Å². The quantitative estimate of drug-likeness (QED) is 0.410. The number of pyridine rings is 1. The van der Waals surface area contributed by atoms with E-state index in [0.29, 0.717) is 29.8 Å². The molecule has 0 bridgehead atoms. The second-order valence-corrected chi connectivity index (χ2v) is 8.88. The maximum atomic E-state index is 14.9. The Morgan fingerprint density at radius 3 is 2.68 bits per heavy atom. The molecule has 0 aliphatic carbocycles. The first kappa shape index (κ1) is 23.8. The number of halogens is 2. The van der Waals surface area contributed by atoms with Gasteiger partial charge in [0.25, 0.3) is 0 Å².